The van der Waals surface area contributed by atoms with Crippen LogP contribution in [0.25, 0.3) is 11.0 Å². The Morgan fingerprint density at radius 1 is 1.00 bits per heavy atom. The summed E-state index contributed by atoms with van der Waals surface area (Å²) in [4.78, 5) is 26.7. The number of benzene rings is 2. The Labute approximate surface area is 202 Å². The third kappa shape index (κ3) is 4.02. The highest BCUT2D eigenvalue weighted by Gasteiger charge is 2.38. The van der Waals surface area contributed by atoms with Crippen LogP contribution in [0.15, 0.2) is 84.6 Å². The number of piperidine rings is 1. The van der Waals surface area contributed by atoms with E-state index in [9.17, 15) is 9.90 Å². The van der Waals surface area contributed by atoms with Crippen LogP contribution in [-0.2, 0) is 4.79 Å². The molecule has 176 valence electrons. The number of aromatic amines is 1. The zero-order chi connectivity index (χ0) is 23.8. The van der Waals surface area contributed by atoms with Crippen molar-refractivity contribution < 1.29 is 9.90 Å². The van der Waals surface area contributed by atoms with Crippen molar-refractivity contribution in [3.63, 3.8) is 0 Å². The molecule has 35 heavy (non-hydrogen) atoms. The molecule has 1 saturated heterocycles. The molecule has 2 unspecified atom stereocenters. The van der Waals surface area contributed by atoms with Crippen molar-refractivity contribution in [2.24, 2.45) is 0 Å². The number of aliphatic hydroxyl groups is 1. The van der Waals surface area contributed by atoms with Crippen molar-refractivity contribution in [1.29, 1.82) is 0 Å². The molecule has 3 heterocycles. The Morgan fingerprint density at radius 2 is 1.86 bits per heavy atom. The van der Waals surface area contributed by atoms with Gasteiger partial charge < -0.3 is 25.6 Å². The highest BCUT2D eigenvalue weighted by molar-refractivity contribution is 6.11. The van der Waals surface area contributed by atoms with Crippen LogP contribution in [0.5, 0.6) is 0 Å². The van der Waals surface area contributed by atoms with Crippen LogP contribution in [0.1, 0.15) is 24.3 Å². The fourth-order valence-electron chi connectivity index (χ4n) is 4.96. The van der Waals surface area contributed by atoms with Crippen molar-refractivity contribution in [2.45, 2.75) is 24.9 Å². The molecule has 4 N–H and O–H groups in total. The second-order valence-electron chi connectivity index (χ2n) is 9.02. The Balaban J connectivity index is 1.22. The second-order valence-corrected chi connectivity index (χ2v) is 9.02. The summed E-state index contributed by atoms with van der Waals surface area (Å²) in [6.45, 7) is 1.83. The predicted octanol–water partition coefficient (Wildman–Crippen LogP) is 4.02. The molecule has 2 aromatic carbocycles. The van der Waals surface area contributed by atoms with Gasteiger partial charge in [0.2, 0.25) is 5.78 Å². The molecule has 1 aliphatic heterocycles. The van der Waals surface area contributed by atoms with E-state index >= 15 is 0 Å². The number of hydrogen-bond acceptors (Lipinski definition) is 7. The van der Waals surface area contributed by atoms with E-state index in [1.54, 1.807) is 6.33 Å². The molecule has 8 nitrogen and oxygen atoms in total. The van der Waals surface area contributed by atoms with Crippen LogP contribution >= 0.6 is 0 Å². The predicted molar refractivity (Wildman–Crippen MR) is 136 cm³/mol. The smallest absolute Gasteiger partial charge is 0.215 e. The fourth-order valence-corrected chi connectivity index (χ4v) is 4.96. The SMILES string of the molecule is O=C1C(Nc2ccccc2)=C(Nc2cccc(C3CCCN(c4ncnc5[nH]ccc45)C3)c2)C1O. The van der Waals surface area contributed by atoms with Gasteiger partial charge in [-0.3, -0.25) is 4.79 Å². The number of aliphatic hydroxyl groups excluding tert-OH is 1. The molecule has 2 aromatic heterocycles. The Morgan fingerprint density at radius 3 is 2.74 bits per heavy atom. The van der Waals surface area contributed by atoms with E-state index in [2.05, 4.69) is 42.6 Å². The molecule has 4 aromatic rings. The van der Waals surface area contributed by atoms with E-state index in [0.29, 0.717) is 17.3 Å². The number of hydrogen-bond donors (Lipinski definition) is 4. The van der Waals surface area contributed by atoms with Crippen molar-refractivity contribution in [3.05, 3.63) is 90.1 Å². The Bertz CT molecular complexity index is 1410. The molecule has 6 rings (SSSR count). The summed E-state index contributed by atoms with van der Waals surface area (Å²) in [7, 11) is 0. The van der Waals surface area contributed by atoms with Gasteiger partial charge in [-0.15, -0.1) is 0 Å². The fraction of sp³-hybridized carbons (Fsp3) is 0.222. The number of carbonyl (C=O) groups is 1. The minimum Gasteiger partial charge on any atom is -0.378 e. The molecule has 8 heteroatoms. The maximum absolute atomic E-state index is 12.3. The molecular weight excluding hydrogens is 440 g/mol. The van der Waals surface area contributed by atoms with Crippen LogP contribution in [0.3, 0.4) is 0 Å². The van der Waals surface area contributed by atoms with Crippen LogP contribution in [0.4, 0.5) is 17.2 Å². The van der Waals surface area contributed by atoms with Crippen LogP contribution in [0.2, 0.25) is 0 Å². The van der Waals surface area contributed by atoms with E-state index in [-0.39, 0.29) is 5.78 Å². The second kappa shape index (κ2) is 8.88. The first kappa shape index (κ1) is 21.4. The molecule has 2 aliphatic rings. The zero-order valence-corrected chi connectivity index (χ0v) is 19.1. The highest BCUT2D eigenvalue weighted by atomic mass is 16.3. The number of H-pyrrole nitrogens is 1. The lowest BCUT2D eigenvalue weighted by molar-refractivity contribution is -0.124. The van der Waals surface area contributed by atoms with E-state index in [4.69, 9.17) is 0 Å². The van der Waals surface area contributed by atoms with E-state index in [1.807, 2.05) is 54.7 Å². The number of nitrogens with zero attached hydrogens (tertiary/aromatic N) is 3. The quantitative estimate of drug-likeness (QED) is 0.340. The van der Waals surface area contributed by atoms with Gasteiger partial charge in [0.1, 0.15) is 23.5 Å². The summed E-state index contributed by atoms with van der Waals surface area (Å²) in [6, 6.07) is 19.7. The lowest BCUT2D eigenvalue weighted by Gasteiger charge is -2.34. The van der Waals surface area contributed by atoms with E-state index in [0.717, 1.165) is 54.2 Å². The van der Waals surface area contributed by atoms with Crippen LogP contribution in [-0.4, -0.2) is 45.0 Å². The average molecular weight is 467 g/mol. The van der Waals surface area contributed by atoms with Crippen LogP contribution in [0, 0.1) is 0 Å². The van der Waals surface area contributed by atoms with Gasteiger partial charge >= 0.3 is 0 Å². The monoisotopic (exact) mass is 466 g/mol. The van der Waals surface area contributed by atoms with Gasteiger partial charge in [0.05, 0.1) is 11.1 Å². The maximum Gasteiger partial charge on any atom is 0.215 e. The molecule has 0 bridgehead atoms. The third-order valence-corrected chi connectivity index (χ3v) is 6.77. The molecule has 2 atom stereocenters. The molecule has 0 spiro atoms. The van der Waals surface area contributed by atoms with Gasteiger partial charge in [0.15, 0.2) is 6.10 Å². The van der Waals surface area contributed by atoms with E-state index in [1.165, 1.54) is 5.56 Å². The van der Waals surface area contributed by atoms with Gasteiger partial charge in [-0.2, -0.15) is 0 Å². The van der Waals surface area contributed by atoms with Crippen molar-refractivity contribution in [1.82, 2.24) is 15.0 Å². The van der Waals surface area contributed by atoms with Gasteiger partial charge in [-0.25, -0.2) is 9.97 Å². The molecule has 0 radical (unpaired) electrons. The van der Waals surface area contributed by atoms with Crippen molar-refractivity contribution in [3.8, 4) is 0 Å². The summed E-state index contributed by atoms with van der Waals surface area (Å²) in [5.74, 6) is 1.00. The first-order chi connectivity index (χ1) is 17.2. The number of aromatic nitrogens is 3. The number of Topliss-reactive ketones (excluding diaryl/α,β-unsaturated/α-hetero) is 1. The number of anilines is 3. The van der Waals surface area contributed by atoms with Gasteiger partial charge in [-0.1, -0.05) is 30.3 Å². The molecular formula is C27H26N6O2. The summed E-state index contributed by atoms with van der Waals surface area (Å²) in [6.07, 6.45) is 4.53. The van der Waals surface area contributed by atoms with Gasteiger partial charge in [0.25, 0.3) is 0 Å². The van der Waals surface area contributed by atoms with Gasteiger partial charge in [0, 0.05) is 36.6 Å². The summed E-state index contributed by atoms with van der Waals surface area (Å²) in [5.41, 5.74) is 4.62. The number of carbonyl (C=O) groups excluding carboxylic acids is 1. The van der Waals surface area contributed by atoms with Crippen molar-refractivity contribution >= 4 is 34.0 Å². The minimum atomic E-state index is -1.14. The normalized spacial score (nSPS) is 20.1. The van der Waals surface area contributed by atoms with E-state index < -0.39 is 6.10 Å². The molecule has 0 saturated carbocycles. The first-order valence-electron chi connectivity index (χ1n) is 11.9. The Kier molecular flexibility index (Phi) is 5.42. The lowest BCUT2D eigenvalue weighted by Crippen LogP contribution is -2.43. The molecule has 1 aliphatic carbocycles. The summed E-state index contributed by atoms with van der Waals surface area (Å²) >= 11 is 0. The third-order valence-electron chi connectivity index (χ3n) is 6.77. The number of rotatable bonds is 6. The maximum atomic E-state index is 12.3. The largest absolute Gasteiger partial charge is 0.378 e. The summed E-state index contributed by atoms with van der Waals surface area (Å²) < 4.78 is 0. The average Bonchev–Trinajstić information content (AvgIpc) is 3.40. The van der Waals surface area contributed by atoms with Crippen molar-refractivity contribution in [2.75, 3.05) is 28.6 Å². The number of nitrogens with one attached hydrogen (secondary N) is 3. The lowest BCUT2D eigenvalue weighted by atomic mass is 9.90. The number of ketones is 1. The molecule has 0 amide bonds. The summed E-state index contributed by atoms with van der Waals surface area (Å²) in [5, 5.41) is 17.8. The Hall–Kier alpha value is -4.17. The zero-order valence-electron chi connectivity index (χ0n) is 19.1. The number of fused-ring (bicyclic) bond motifs is 1. The minimum absolute atomic E-state index is 0.309. The standard InChI is InChI=1S/C27H26N6O2/c34-24-22(31-19-8-2-1-3-9-19)23(25(24)35)32-20-10-4-6-17(14-20)18-7-5-13-33(15-18)27-21-11-12-28-26(21)29-16-30-27/h1-4,6,8-12,14,16,18,25,31-32,35H,5,7,13,15H2,(H,28,29,30). The van der Waals surface area contributed by atoms with Crippen LogP contribution < -0.4 is 15.5 Å². The topological polar surface area (TPSA) is 106 Å². The number of para-hydroxylation sites is 1. The molecule has 1 fully saturated rings. The first-order valence-corrected chi connectivity index (χ1v) is 11.9. The van der Waals surface area contributed by atoms with Gasteiger partial charge in [-0.05, 0) is 48.7 Å². The highest BCUT2D eigenvalue weighted by Crippen LogP contribution is 2.34.